The second kappa shape index (κ2) is 9.58. The third-order valence-corrected chi connectivity index (χ3v) is 5.45. The summed E-state index contributed by atoms with van der Waals surface area (Å²) in [5, 5.41) is 3.14. The average Bonchev–Trinajstić information content (AvgIpc) is 3.07. The number of likely N-dealkylation sites (N-methyl/N-ethyl adjacent to an activating group) is 1. The molecule has 154 valence electrons. The number of hydrogen-bond acceptors (Lipinski definition) is 5. The summed E-state index contributed by atoms with van der Waals surface area (Å²) in [6, 6.07) is 3.92. The van der Waals surface area contributed by atoms with Crippen LogP contribution in [0.5, 0.6) is 5.75 Å². The van der Waals surface area contributed by atoms with Crippen LogP contribution >= 0.6 is 12.4 Å². The minimum atomic E-state index is -4.85. The van der Waals surface area contributed by atoms with Crippen LogP contribution in [-0.4, -0.2) is 58.3 Å². The number of hydrogen-bond donors (Lipinski definition) is 2. The van der Waals surface area contributed by atoms with Crippen LogP contribution in [0.15, 0.2) is 29.2 Å². The van der Waals surface area contributed by atoms with Gasteiger partial charge < -0.3 is 15.0 Å². The normalized spacial score (nSPS) is 17.3. The molecule has 1 atom stereocenters. The topological polar surface area (TPSA) is 87.7 Å². The molecular formula is C15H21ClF3N3O4S. The quantitative estimate of drug-likeness (QED) is 0.683. The molecule has 1 saturated heterocycles. The molecule has 0 spiro atoms. The van der Waals surface area contributed by atoms with Gasteiger partial charge in [0.25, 0.3) is 0 Å². The Hall–Kier alpha value is -1.56. The van der Waals surface area contributed by atoms with Crippen LogP contribution in [0.25, 0.3) is 0 Å². The molecule has 2 rings (SSSR count). The molecule has 1 unspecified atom stereocenters. The van der Waals surface area contributed by atoms with Gasteiger partial charge in [0.1, 0.15) is 5.75 Å². The first kappa shape index (κ1) is 23.5. The van der Waals surface area contributed by atoms with E-state index in [9.17, 15) is 26.4 Å². The van der Waals surface area contributed by atoms with Crippen LogP contribution in [0.4, 0.5) is 13.2 Å². The largest absolute Gasteiger partial charge is 0.573 e. The Morgan fingerprint density at radius 3 is 2.48 bits per heavy atom. The zero-order valence-electron chi connectivity index (χ0n) is 14.5. The van der Waals surface area contributed by atoms with Crippen molar-refractivity contribution in [1.29, 1.82) is 0 Å². The van der Waals surface area contributed by atoms with Crippen molar-refractivity contribution in [2.24, 2.45) is 0 Å². The van der Waals surface area contributed by atoms with E-state index in [2.05, 4.69) is 14.8 Å². The number of nitrogens with zero attached hydrogens (tertiary/aromatic N) is 1. The highest BCUT2D eigenvalue weighted by molar-refractivity contribution is 7.89. The van der Waals surface area contributed by atoms with E-state index in [1.165, 1.54) is 0 Å². The van der Waals surface area contributed by atoms with Crippen LogP contribution in [-0.2, 0) is 14.8 Å². The fraction of sp³-hybridized carbons (Fsp3) is 0.533. The van der Waals surface area contributed by atoms with Crippen molar-refractivity contribution in [2.45, 2.75) is 30.1 Å². The van der Waals surface area contributed by atoms with E-state index in [0.717, 1.165) is 37.2 Å². The summed E-state index contributed by atoms with van der Waals surface area (Å²) in [4.78, 5) is 13.4. The van der Waals surface area contributed by atoms with Gasteiger partial charge in [-0.1, -0.05) is 0 Å². The molecule has 2 N–H and O–H groups in total. The summed E-state index contributed by atoms with van der Waals surface area (Å²) in [7, 11) is -2.26. The lowest BCUT2D eigenvalue weighted by Gasteiger charge is -2.23. The molecule has 0 aromatic heterocycles. The molecule has 12 heteroatoms. The Balaban J connectivity index is 0.00000364. The third-order valence-electron chi connectivity index (χ3n) is 3.97. The molecule has 0 bridgehead atoms. The molecule has 1 aromatic rings. The smallest absolute Gasteiger partial charge is 0.406 e. The Morgan fingerprint density at radius 1 is 1.33 bits per heavy atom. The van der Waals surface area contributed by atoms with E-state index >= 15 is 0 Å². The first-order valence-electron chi connectivity index (χ1n) is 7.90. The number of sulfonamides is 1. The Morgan fingerprint density at radius 2 is 1.96 bits per heavy atom. The lowest BCUT2D eigenvalue weighted by atomic mass is 10.2. The van der Waals surface area contributed by atoms with Gasteiger partial charge in [-0.05, 0) is 37.2 Å². The maximum absolute atomic E-state index is 12.1. The number of rotatable bonds is 7. The van der Waals surface area contributed by atoms with Gasteiger partial charge in [-0.15, -0.1) is 25.6 Å². The van der Waals surface area contributed by atoms with Crippen molar-refractivity contribution < 1.29 is 31.1 Å². The summed E-state index contributed by atoms with van der Waals surface area (Å²) >= 11 is 0. The predicted octanol–water partition coefficient (Wildman–Crippen LogP) is 1.50. The average molecular weight is 432 g/mol. The van der Waals surface area contributed by atoms with Gasteiger partial charge in [0.15, 0.2) is 0 Å². The molecular weight excluding hydrogens is 411 g/mol. The Kier molecular flexibility index (Phi) is 8.33. The molecule has 1 aliphatic rings. The number of amides is 1. The Labute approximate surface area is 161 Å². The zero-order valence-corrected chi connectivity index (χ0v) is 16.1. The molecule has 27 heavy (non-hydrogen) atoms. The number of benzene rings is 1. The molecule has 7 nitrogen and oxygen atoms in total. The summed E-state index contributed by atoms with van der Waals surface area (Å²) in [6.45, 7) is 1.44. The van der Waals surface area contributed by atoms with E-state index in [1.807, 2.05) is 0 Å². The molecule has 1 fully saturated rings. The molecule has 0 aliphatic carbocycles. The van der Waals surface area contributed by atoms with Crippen molar-refractivity contribution in [3.8, 4) is 5.75 Å². The predicted molar refractivity (Wildman–Crippen MR) is 94.2 cm³/mol. The van der Waals surface area contributed by atoms with Crippen molar-refractivity contribution in [3.63, 3.8) is 0 Å². The van der Waals surface area contributed by atoms with Crippen molar-refractivity contribution in [2.75, 3.05) is 26.7 Å². The minimum Gasteiger partial charge on any atom is -0.406 e. The molecule has 1 amide bonds. The van der Waals surface area contributed by atoms with E-state index in [0.29, 0.717) is 6.54 Å². The van der Waals surface area contributed by atoms with Gasteiger partial charge in [0.2, 0.25) is 15.9 Å². The van der Waals surface area contributed by atoms with Crippen LogP contribution in [0.1, 0.15) is 12.8 Å². The summed E-state index contributed by atoms with van der Waals surface area (Å²) in [5.74, 6) is -0.700. The van der Waals surface area contributed by atoms with Gasteiger partial charge in [-0.3, -0.25) is 4.79 Å². The van der Waals surface area contributed by atoms with E-state index in [-0.39, 0.29) is 42.2 Å². The van der Waals surface area contributed by atoms with Crippen LogP contribution in [0.2, 0.25) is 0 Å². The maximum Gasteiger partial charge on any atom is 0.573 e. The first-order valence-corrected chi connectivity index (χ1v) is 9.39. The minimum absolute atomic E-state index is 0. The molecule has 1 aromatic carbocycles. The summed E-state index contributed by atoms with van der Waals surface area (Å²) in [5.41, 5.74) is 0. The maximum atomic E-state index is 12.1. The highest BCUT2D eigenvalue weighted by Gasteiger charge is 2.31. The Bertz CT molecular complexity index is 723. The van der Waals surface area contributed by atoms with Gasteiger partial charge in [-0.2, -0.15) is 0 Å². The molecule has 0 radical (unpaired) electrons. The van der Waals surface area contributed by atoms with Crippen molar-refractivity contribution in [1.82, 2.24) is 14.9 Å². The number of nitrogens with one attached hydrogen (secondary N) is 2. The highest BCUT2D eigenvalue weighted by atomic mass is 35.5. The second-order valence-electron chi connectivity index (χ2n) is 5.82. The standard InChI is InChI=1S/C15H20F3N3O4S.ClH/c1-21(11-6-8-19-10-11)14(22)7-9-20-26(23,24)13-4-2-12(3-5-13)25-15(16,17)18;/h2-5,11,19-20H,6-10H2,1H3;1H. The monoisotopic (exact) mass is 431 g/mol. The lowest BCUT2D eigenvalue weighted by molar-refractivity contribution is -0.274. The third kappa shape index (κ3) is 7.17. The molecule has 0 saturated carbocycles. The SMILES string of the molecule is CN(C(=O)CCNS(=O)(=O)c1ccc(OC(F)(F)F)cc1)C1CCNC1.Cl. The second-order valence-corrected chi connectivity index (χ2v) is 7.59. The van der Waals surface area contributed by atoms with Crippen molar-refractivity contribution in [3.05, 3.63) is 24.3 Å². The summed E-state index contributed by atoms with van der Waals surface area (Å²) < 4.78 is 66.5. The molecule has 1 aliphatic heterocycles. The lowest BCUT2D eigenvalue weighted by Crippen LogP contribution is -2.40. The zero-order chi connectivity index (χ0) is 19.4. The van der Waals surface area contributed by atoms with Gasteiger partial charge >= 0.3 is 6.36 Å². The number of alkyl halides is 3. The van der Waals surface area contributed by atoms with Gasteiger partial charge in [0, 0.05) is 32.6 Å². The molecule has 1 heterocycles. The van der Waals surface area contributed by atoms with Crippen LogP contribution < -0.4 is 14.8 Å². The number of halogens is 4. The fourth-order valence-corrected chi connectivity index (χ4v) is 3.58. The number of ether oxygens (including phenoxy) is 1. The fourth-order valence-electron chi connectivity index (χ4n) is 2.55. The van der Waals surface area contributed by atoms with Crippen LogP contribution in [0, 0.1) is 0 Å². The highest BCUT2D eigenvalue weighted by Crippen LogP contribution is 2.23. The van der Waals surface area contributed by atoms with Crippen LogP contribution in [0.3, 0.4) is 0 Å². The van der Waals surface area contributed by atoms with E-state index in [4.69, 9.17) is 0 Å². The van der Waals surface area contributed by atoms with E-state index in [1.54, 1.807) is 11.9 Å². The number of carbonyl (C=O) groups is 1. The summed E-state index contributed by atoms with van der Waals surface area (Å²) in [6.07, 6.45) is -4.01. The van der Waals surface area contributed by atoms with Gasteiger partial charge in [0.05, 0.1) is 4.90 Å². The van der Waals surface area contributed by atoms with Crippen molar-refractivity contribution >= 4 is 28.3 Å². The first-order chi connectivity index (χ1) is 12.1. The van der Waals surface area contributed by atoms with Gasteiger partial charge in [-0.25, -0.2) is 13.1 Å². The van der Waals surface area contributed by atoms with E-state index < -0.39 is 22.1 Å². The number of carbonyl (C=O) groups excluding carboxylic acids is 1.